The van der Waals surface area contributed by atoms with Gasteiger partial charge in [0.25, 0.3) is 5.69 Å². The monoisotopic (exact) mass is 452 g/mol. The maximum absolute atomic E-state index is 12.7. The number of non-ortho nitro benzene ring substituents is 1. The molecule has 2 aromatic rings. The average molecular weight is 452 g/mol. The Morgan fingerprint density at radius 2 is 0.933 bits per heavy atom. The summed E-state index contributed by atoms with van der Waals surface area (Å²) in [7, 11) is 0. The summed E-state index contributed by atoms with van der Waals surface area (Å²) in [4.78, 5) is 9.26. The van der Waals surface area contributed by atoms with Crippen molar-refractivity contribution in [1.29, 1.82) is 0 Å². The molecule has 166 valence electrons. The molecule has 0 amide bonds. The SMILES string of the molecule is Nc1ccc(C(F)(F)C(F)(F)F)cc1.O=[N+]([O-])c1ccc(C(F)(F)C(F)(F)F)cc1. The summed E-state index contributed by atoms with van der Waals surface area (Å²) in [6, 6.07) is 5.25. The average Bonchev–Trinajstić information content (AvgIpc) is 2.61. The van der Waals surface area contributed by atoms with E-state index in [1.54, 1.807) is 0 Å². The second-order valence-electron chi connectivity index (χ2n) is 5.57. The van der Waals surface area contributed by atoms with Crippen LogP contribution >= 0.6 is 0 Å². The Hall–Kier alpha value is -3.06. The summed E-state index contributed by atoms with van der Waals surface area (Å²) < 4.78 is 122. The Bertz CT molecular complexity index is 860. The third-order valence-electron chi connectivity index (χ3n) is 3.43. The zero-order valence-electron chi connectivity index (χ0n) is 14.2. The van der Waals surface area contributed by atoms with Crippen LogP contribution in [0.3, 0.4) is 0 Å². The summed E-state index contributed by atoms with van der Waals surface area (Å²) in [5, 5.41) is 10.2. The van der Waals surface area contributed by atoms with Gasteiger partial charge in [0.1, 0.15) is 0 Å². The molecule has 30 heavy (non-hydrogen) atoms. The van der Waals surface area contributed by atoms with Crippen LogP contribution in [0.4, 0.5) is 55.3 Å². The van der Waals surface area contributed by atoms with E-state index in [0.717, 1.165) is 12.1 Å². The predicted octanol–water partition coefficient (Wildman–Crippen LogP) is 6.17. The van der Waals surface area contributed by atoms with E-state index >= 15 is 0 Å². The van der Waals surface area contributed by atoms with Gasteiger partial charge in [-0.25, -0.2) is 0 Å². The second kappa shape index (κ2) is 8.36. The van der Waals surface area contributed by atoms with E-state index in [1.807, 2.05) is 0 Å². The van der Waals surface area contributed by atoms with Gasteiger partial charge in [-0.15, -0.1) is 0 Å². The molecule has 0 aliphatic carbocycles. The molecule has 0 radical (unpaired) electrons. The van der Waals surface area contributed by atoms with Crippen LogP contribution in [0.2, 0.25) is 0 Å². The van der Waals surface area contributed by atoms with Crippen molar-refractivity contribution in [3.8, 4) is 0 Å². The van der Waals surface area contributed by atoms with Crippen molar-refractivity contribution >= 4 is 11.4 Å². The second-order valence-corrected chi connectivity index (χ2v) is 5.57. The van der Waals surface area contributed by atoms with Crippen LogP contribution in [0.1, 0.15) is 11.1 Å². The van der Waals surface area contributed by atoms with Crippen LogP contribution in [0.25, 0.3) is 0 Å². The van der Waals surface area contributed by atoms with Gasteiger partial charge in [0.05, 0.1) is 4.92 Å². The lowest BCUT2D eigenvalue weighted by Crippen LogP contribution is -2.33. The van der Waals surface area contributed by atoms with E-state index in [9.17, 15) is 54.0 Å². The van der Waals surface area contributed by atoms with Crippen molar-refractivity contribution in [2.24, 2.45) is 0 Å². The van der Waals surface area contributed by atoms with E-state index in [2.05, 4.69) is 0 Å². The van der Waals surface area contributed by atoms with Crippen molar-refractivity contribution < 1.29 is 48.8 Å². The molecular formula is C16H10F10N2O2. The van der Waals surface area contributed by atoms with Crippen LogP contribution in [0.5, 0.6) is 0 Å². The third-order valence-corrected chi connectivity index (χ3v) is 3.43. The molecule has 0 fully saturated rings. The number of nitrogens with two attached hydrogens (primary N) is 1. The predicted molar refractivity (Wildman–Crippen MR) is 83.8 cm³/mol. The summed E-state index contributed by atoms with van der Waals surface area (Å²) >= 11 is 0. The zero-order chi connectivity index (χ0) is 23.5. The first-order valence-electron chi connectivity index (χ1n) is 7.41. The highest BCUT2D eigenvalue weighted by Gasteiger charge is 2.59. The molecule has 0 aliphatic rings. The van der Waals surface area contributed by atoms with E-state index < -0.39 is 45.9 Å². The number of rotatable bonds is 3. The lowest BCUT2D eigenvalue weighted by atomic mass is 10.1. The Morgan fingerprint density at radius 1 is 0.633 bits per heavy atom. The number of halogens is 10. The molecule has 4 nitrogen and oxygen atoms in total. The van der Waals surface area contributed by atoms with E-state index in [4.69, 9.17) is 5.73 Å². The van der Waals surface area contributed by atoms with Gasteiger partial charge in [-0.05, 0) is 24.3 Å². The Labute approximate surface area is 161 Å². The lowest BCUT2D eigenvalue weighted by molar-refractivity contribution is -0.385. The van der Waals surface area contributed by atoms with Crippen molar-refractivity contribution in [1.82, 2.24) is 0 Å². The normalized spacial score (nSPS) is 12.7. The number of nitro groups is 1. The minimum absolute atomic E-state index is 0.131. The molecule has 0 bridgehead atoms. The van der Waals surface area contributed by atoms with Gasteiger partial charge in [0.2, 0.25) is 0 Å². The van der Waals surface area contributed by atoms with Gasteiger partial charge in [-0.2, -0.15) is 43.9 Å². The Morgan fingerprint density at radius 3 is 1.20 bits per heavy atom. The van der Waals surface area contributed by atoms with Crippen molar-refractivity contribution in [2.45, 2.75) is 24.2 Å². The molecule has 0 aromatic heterocycles. The molecule has 0 saturated carbocycles. The molecule has 0 saturated heterocycles. The summed E-state index contributed by atoms with van der Waals surface area (Å²) in [6.07, 6.45) is -11.3. The topological polar surface area (TPSA) is 69.2 Å². The molecule has 14 heteroatoms. The van der Waals surface area contributed by atoms with E-state index in [0.29, 0.717) is 36.4 Å². The zero-order valence-corrected chi connectivity index (χ0v) is 14.2. The van der Waals surface area contributed by atoms with Gasteiger partial charge >= 0.3 is 24.2 Å². The summed E-state index contributed by atoms with van der Waals surface area (Å²) in [5.41, 5.74) is 2.29. The molecule has 0 atom stereocenters. The number of nitrogens with zero attached hydrogens (tertiary/aromatic N) is 1. The number of hydrogen-bond donors (Lipinski definition) is 1. The molecule has 2 N–H and O–H groups in total. The smallest absolute Gasteiger partial charge is 0.399 e. The minimum atomic E-state index is -5.72. The van der Waals surface area contributed by atoms with Crippen molar-refractivity contribution in [3.63, 3.8) is 0 Å². The third kappa shape index (κ3) is 5.51. The lowest BCUT2D eigenvalue weighted by Gasteiger charge is -2.19. The maximum Gasteiger partial charge on any atom is 0.458 e. The van der Waals surface area contributed by atoms with Crippen LogP contribution in [-0.2, 0) is 11.8 Å². The highest BCUT2D eigenvalue weighted by molar-refractivity contribution is 5.40. The first-order valence-corrected chi connectivity index (χ1v) is 7.41. The first kappa shape index (κ1) is 25.0. The van der Waals surface area contributed by atoms with Crippen LogP contribution in [0, 0.1) is 10.1 Å². The fraction of sp³-hybridized carbons (Fsp3) is 0.250. The van der Waals surface area contributed by atoms with Crippen LogP contribution < -0.4 is 5.73 Å². The van der Waals surface area contributed by atoms with Crippen LogP contribution in [0.15, 0.2) is 48.5 Å². The maximum atomic E-state index is 12.7. The van der Waals surface area contributed by atoms with Crippen molar-refractivity contribution in [2.75, 3.05) is 5.73 Å². The number of nitro benzene ring substituents is 1. The van der Waals surface area contributed by atoms with Gasteiger partial charge in [-0.3, -0.25) is 10.1 Å². The number of alkyl halides is 10. The molecule has 0 unspecified atom stereocenters. The highest BCUT2D eigenvalue weighted by Crippen LogP contribution is 2.44. The summed E-state index contributed by atoms with van der Waals surface area (Å²) in [5.74, 6) is -9.84. The number of nitrogen functional groups attached to an aromatic ring is 1. The standard InChI is InChI=1S/C8H4F5NO2.C8H6F5N/c9-7(10,8(11,12)13)5-1-3-6(4-2-5)14(15)16;9-7(10,8(11,12)13)5-1-3-6(14)4-2-5/h1-4H;1-4H,14H2. The molecule has 0 spiro atoms. The fourth-order valence-corrected chi connectivity index (χ4v) is 1.81. The van der Waals surface area contributed by atoms with Gasteiger partial charge < -0.3 is 5.73 Å². The minimum Gasteiger partial charge on any atom is -0.399 e. The van der Waals surface area contributed by atoms with Gasteiger partial charge in [0.15, 0.2) is 0 Å². The molecular weight excluding hydrogens is 442 g/mol. The van der Waals surface area contributed by atoms with E-state index in [1.165, 1.54) is 0 Å². The molecule has 2 rings (SSSR count). The molecule has 0 aliphatic heterocycles. The number of anilines is 1. The number of hydrogen-bond acceptors (Lipinski definition) is 3. The largest absolute Gasteiger partial charge is 0.458 e. The quantitative estimate of drug-likeness (QED) is 0.262. The van der Waals surface area contributed by atoms with Crippen molar-refractivity contribution in [3.05, 3.63) is 69.8 Å². The summed E-state index contributed by atoms with van der Waals surface area (Å²) in [6.45, 7) is 0. The number of benzene rings is 2. The Balaban J connectivity index is 0.000000303. The first-order chi connectivity index (χ1) is 13.4. The Kier molecular flexibility index (Phi) is 6.96. The van der Waals surface area contributed by atoms with Crippen LogP contribution in [-0.4, -0.2) is 17.3 Å². The fourth-order valence-electron chi connectivity index (χ4n) is 1.81. The van der Waals surface area contributed by atoms with Gasteiger partial charge in [0, 0.05) is 28.9 Å². The van der Waals surface area contributed by atoms with Gasteiger partial charge in [-0.1, -0.05) is 12.1 Å². The highest BCUT2D eigenvalue weighted by atomic mass is 19.4. The molecule has 2 aromatic carbocycles. The van der Waals surface area contributed by atoms with E-state index in [-0.39, 0.29) is 5.69 Å². The molecule has 0 heterocycles.